The topological polar surface area (TPSA) is 53.1 Å². The second-order valence-corrected chi connectivity index (χ2v) is 6.25. The number of piperidine rings is 1. The summed E-state index contributed by atoms with van der Waals surface area (Å²) in [5.41, 5.74) is 0. The van der Waals surface area contributed by atoms with Crippen molar-refractivity contribution >= 4 is 11.6 Å². The van der Waals surface area contributed by atoms with E-state index in [0.29, 0.717) is 12.1 Å². The van der Waals surface area contributed by atoms with Gasteiger partial charge in [-0.2, -0.15) is 0 Å². The summed E-state index contributed by atoms with van der Waals surface area (Å²) in [7, 11) is 0. The fourth-order valence-corrected chi connectivity index (χ4v) is 3.59. The first kappa shape index (κ1) is 14.6. The molecule has 5 nitrogen and oxygen atoms in total. The molecule has 3 heterocycles. The molecule has 0 aromatic carbocycles. The summed E-state index contributed by atoms with van der Waals surface area (Å²) >= 11 is 0. The van der Waals surface area contributed by atoms with Gasteiger partial charge >= 0.3 is 0 Å². The Bertz CT molecular complexity index is 476. The van der Waals surface area contributed by atoms with E-state index < -0.39 is 0 Å². The molecule has 0 saturated carbocycles. The maximum absolute atomic E-state index is 4.56. The summed E-state index contributed by atoms with van der Waals surface area (Å²) < 4.78 is 0. The van der Waals surface area contributed by atoms with Crippen LogP contribution in [-0.4, -0.2) is 46.6 Å². The number of aromatic nitrogens is 2. The molecule has 2 atom stereocenters. The molecule has 2 aliphatic rings. The lowest BCUT2D eigenvalue weighted by molar-refractivity contribution is 0.192. The van der Waals surface area contributed by atoms with Crippen LogP contribution in [0.5, 0.6) is 0 Å². The Hall–Kier alpha value is -1.36. The lowest BCUT2D eigenvalue weighted by Gasteiger charge is -2.32. The van der Waals surface area contributed by atoms with Gasteiger partial charge in [-0.05, 0) is 39.2 Å². The largest absolute Gasteiger partial charge is 0.370 e. The quantitative estimate of drug-likeness (QED) is 0.873. The van der Waals surface area contributed by atoms with Crippen molar-refractivity contribution in [2.45, 2.75) is 58.0 Å². The highest BCUT2D eigenvalue weighted by Crippen LogP contribution is 2.29. The number of anilines is 2. The Morgan fingerprint density at radius 1 is 1.19 bits per heavy atom. The van der Waals surface area contributed by atoms with Crippen molar-refractivity contribution in [3.05, 3.63) is 11.9 Å². The van der Waals surface area contributed by atoms with Crippen LogP contribution in [0, 0.1) is 6.92 Å². The van der Waals surface area contributed by atoms with E-state index in [-0.39, 0.29) is 0 Å². The predicted octanol–water partition coefficient (Wildman–Crippen LogP) is 2.65. The van der Waals surface area contributed by atoms with Gasteiger partial charge in [-0.3, -0.25) is 4.90 Å². The van der Waals surface area contributed by atoms with E-state index in [9.17, 15) is 0 Å². The molecule has 3 rings (SSSR count). The maximum Gasteiger partial charge on any atom is 0.132 e. The smallest absolute Gasteiger partial charge is 0.132 e. The highest BCUT2D eigenvalue weighted by Gasteiger charge is 2.35. The van der Waals surface area contributed by atoms with Gasteiger partial charge in [-0.15, -0.1) is 0 Å². The Morgan fingerprint density at radius 2 is 2.05 bits per heavy atom. The second kappa shape index (κ2) is 6.60. The number of fused-ring (bicyclic) bond motifs is 1. The molecule has 21 heavy (non-hydrogen) atoms. The first-order chi connectivity index (χ1) is 10.3. The zero-order valence-corrected chi connectivity index (χ0v) is 13.2. The standard InChI is InChI=1S/C16H27N5/c1-3-8-17-15-11-16(19-12(2)18-15)20-13-7-10-21-9-5-4-6-14(13)21/h11,13-14H,3-10H2,1-2H3,(H2,17,18,19,20). The average Bonchev–Trinajstić information content (AvgIpc) is 2.88. The van der Waals surface area contributed by atoms with Gasteiger partial charge in [-0.25, -0.2) is 9.97 Å². The van der Waals surface area contributed by atoms with Crippen LogP contribution in [0.25, 0.3) is 0 Å². The molecule has 0 amide bonds. The summed E-state index contributed by atoms with van der Waals surface area (Å²) in [6.45, 7) is 7.58. The summed E-state index contributed by atoms with van der Waals surface area (Å²) in [6, 6.07) is 3.29. The van der Waals surface area contributed by atoms with Crippen LogP contribution in [0.2, 0.25) is 0 Å². The van der Waals surface area contributed by atoms with E-state index in [0.717, 1.165) is 30.4 Å². The van der Waals surface area contributed by atoms with Crippen LogP contribution < -0.4 is 10.6 Å². The molecule has 1 aromatic heterocycles. The molecule has 0 aliphatic carbocycles. The number of aryl methyl sites for hydroxylation is 1. The van der Waals surface area contributed by atoms with Gasteiger partial charge in [0.1, 0.15) is 17.5 Å². The summed E-state index contributed by atoms with van der Waals surface area (Å²) in [6.07, 6.45) is 6.38. The van der Waals surface area contributed by atoms with Crippen molar-refractivity contribution in [3.63, 3.8) is 0 Å². The molecule has 2 unspecified atom stereocenters. The molecule has 116 valence electrons. The molecule has 2 fully saturated rings. The number of nitrogens with one attached hydrogen (secondary N) is 2. The van der Waals surface area contributed by atoms with Gasteiger partial charge < -0.3 is 10.6 Å². The van der Waals surface area contributed by atoms with E-state index in [4.69, 9.17) is 0 Å². The zero-order chi connectivity index (χ0) is 14.7. The van der Waals surface area contributed by atoms with Crippen molar-refractivity contribution in [1.82, 2.24) is 14.9 Å². The first-order valence-corrected chi connectivity index (χ1v) is 8.36. The third-order valence-corrected chi connectivity index (χ3v) is 4.58. The predicted molar refractivity (Wildman–Crippen MR) is 86.8 cm³/mol. The van der Waals surface area contributed by atoms with Gasteiger partial charge in [0.25, 0.3) is 0 Å². The minimum absolute atomic E-state index is 0.540. The lowest BCUT2D eigenvalue weighted by atomic mass is 9.99. The SMILES string of the molecule is CCCNc1cc(NC2CCN3CCCCC23)nc(C)n1. The fourth-order valence-electron chi connectivity index (χ4n) is 3.59. The van der Waals surface area contributed by atoms with Gasteiger partial charge in [0.15, 0.2) is 0 Å². The number of nitrogens with zero attached hydrogens (tertiary/aromatic N) is 3. The minimum Gasteiger partial charge on any atom is -0.370 e. The normalized spacial score (nSPS) is 25.6. The molecule has 0 radical (unpaired) electrons. The van der Waals surface area contributed by atoms with Crippen LogP contribution >= 0.6 is 0 Å². The third-order valence-electron chi connectivity index (χ3n) is 4.58. The molecule has 1 aromatic rings. The summed E-state index contributed by atoms with van der Waals surface area (Å²) in [5.74, 6) is 2.74. The number of rotatable bonds is 5. The Kier molecular flexibility index (Phi) is 4.58. The molecule has 5 heteroatoms. The van der Waals surface area contributed by atoms with Crippen molar-refractivity contribution in [2.75, 3.05) is 30.3 Å². The summed E-state index contributed by atoms with van der Waals surface area (Å²) in [4.78, 5) is 11.7. The molecular weight excluding hydrogens is 262 g/mol. The van der Waals surface area contributed by atoms with Crippen molar-refractivity contribution < 1.29 is 0 Å². The van der Waals surface area contributed by atoms with Crippen LogP contribution in [0.15, 0.2) is 6.07 Å². The van der Waals surface area contributed by atoms with Crippen LogP contribution in [0.3, 0.4) is 0 Å². The number of hydrogen-bond acceptors (Lipinski definition) is 5. The third kappa shape index (κ3) is 3.46. The van der Waals surface area contributed by atoms with E-state index in [2.05, 4.69) is 32.4 Å². The van der Waals surface area contributed by atoms with Gasteiger partial charge in [-0.1, -0.05) is 13.3 Å². The molecule has 2 saturated heterocycles. The molecule has 0 spiro atoms. The minimum atomic E-state index is 0.540. The van der Waals surface area contributed by atoms with E-state index in [1.54, 1.807) is 0 Å². The average molecular weight is 289 g/mol. The molecular formula is C16H27N5. The first-order valence-electron chi connectivity index (χ1n) is 8.36. The van der Waals surface area contributed by atoms with Crippen molar-refractivity contribution in [1.29, 1.82) is 0 Å². The van der Waals surface area contributed by atoms with Crippen molar-refractivity contribution in [2.24, 2.45) is 0 Å². The van der Waals surface area contributed by atoms with Crippen LogP contribution in [0.4, 0.5) is 11.6 Å². The van der Waals surface area contributed by atoms with E-state index in [1.165, 1.54) is 38.8 Å². The van der Waals surface area contributed by atoms with E-state index >= 15 is 0 Å². The molecule has 2 aliphatic heterocycles. The Balaban J connectivity index is 1.68. The molecule has 0 bridgehead atoms. The fraction of sp³-hybridized carbons (Fsp3) is 0.750. The van der Waals surface area contributed by atoms with Gasteiger partial charge in [0.05, 0.1) is 0 Å². The second-order valence-electron chi connectivity index (χ2n) is 6.25. The summed E-state index contributed by atoms with van der Waals surface area (Å²) in [5, 5.41) is 7.02. The number of hydrogen-bond donors (Lipinski definition) is 2. The van der Waals surface area contributed by atoms with Gasteiger partial charge in [0, 0.05) is 31.2 Å². The Labute approximate surface area is 127 Å². The lowest BCUT2D eigenvalue weighted by Crippen LogP contribution is -2.41. The highest BCUT2D eigenvalue weighted by atomic mass is 15.2. The zero-order valence-electron chi connectivity index (χ0n) is 13.2. The maximum atomic E-state index is 4.56. The van der Waals surface area contributed by atoms with E-state index in [1.807, 2.05) is 13.0 Å². The van der Waals surface area contributed by atoms with Crippen LogP contribution in [-0.2, 0) is 0 Å². The monoisotopic (exact) mass is 289 g/mol. The van der Waals surface area contributed by atoms with Crippen molar-refractivity contribution in [3.8, 4) is 0 Å². The molecule has 2 N–H and O–H groups in total. The van der Waals surface area contributed by atoms with Gasteiger partial charge in [0.2, 0.25) is 0 Å². The van der Waals surface area contributed by atoms with Crippen LogP contribution in [0.1, 0.15) is 44.9 Å². The Morgan fingerprint density at radius 3 is 2.90 bits per heavy atom. The highest BCUT2D eigenvalue weighted by molar-refractivity contribution is 5.48.